The SMILES string of the molecule is CCOc1ccc(Cl)cc1NC(=O)c1sc2nc(C)nc(C)c2c1C. The van der Waals surface area contributed by atoms with Crippen molar-refractivity contribution in [3.8, 4) is 5.75 Å². The molecular weight excluding hydrogens is 358 g/mol. The number of fused-ring (bicyclic) bond motifs is 1. The number of thiophene rings is 1. The van der Waals surface area contributed by atoms with E-state index in [-0.39, 0.29) is 5.91 Å². The summed E-state index contributed by atoms with van der Waals surface area (Å²) >= 11 is 7.42. The summed E-state index contributed by atoms with van der Waals surface area (Å²) in [6.45, 7) is 8.09. The molecular formula is C18H18ClN3O2S. The first-order valence-electron chi connectivity index (χ1n) is 7.88. The van der Waals surface area contributed by atoms with Gasteiger partial charge in [-0.05, 0) is 51.5 Å². The van der Waals surface area contributed by atoms with E-state index in [4.69, 9.17) is 16.3 Å². The molecule has 3 rings (SSSR count). The van der Waals surface area contributed by atoms with Crippen LogP contribution in [0.1, 0.15) is 33.7 Å². The van der Waals surface area contributed by atoms with E-state index in [1.54, 1.807) is 18.2 Å². The number of carbonyl (C=O) groups excluding carboxylic acids is 1. The number of nitrogens with zero attached hydrogens (tertiary/aromatic N) is 2. The Balaban J connectivity index is 2.00. The second kappa shape index (κ2) is 6.98. The predicted molar refractivity (Wildman–Crippen MR) is 102 cm³/mol. The van der Waals surface area contributed by atoms with Crippen molar-refractivity contribution >= 4 is 44.7 Å². The molecule has 25 heavy (non-hydrogen) atoms. The smallest absolute Gasteiger partial charge is 0.266 e. The van der Waals surface area contributed by atoms with Crippen LogP contribution in [0.3, 0.4) is 0 Å². The highest BCUT2D eigenvalue weighted by Crippen LogP contribution is 2.33. The maximum Gasteiger partial charge on any atom is 0.266 e. The van der Waals surface area contributed by atoms with Crippen molar-refractivity contribution < 1.29 is 9.53 Å². The van der Waals surface area contributed by atoms with Crippen molar-refractivity contribution in [3.63, 3.8) is 0 Å². The van der Waals surface area contributed by atoms with Gasteiger partial charge in [-0.15, -0.1) is 11.3 Å². The number of amides is 1. The highest BCUT2D eigenvalue weighted by Gasteiger charge is 2.20. The number of halogens is 1. The molecule has 0 bridgehead atoms. The van der Waals surface area contributed by atoms with Crippen LogP contribution < -0.4 is 10.1 Å². The molecule has 0 spiro atoms. The van der Waals surface area contributed by atoms with Crippen LogP contribution in [0, 0.1) is 20.8 Å². The first-order chi connectivity index (χ1) is 11.9. The van der Waals surface area contributed by atoms with Crippen molar-refractivity contribution in [2.45, 2.75) is 27.7 Å². The van der Waals surface area contributed by atoms with Crippen LogP contribution in [0.2, 0.25) is 5.02 Å². The minimum absolute atomic E-state index is 0.208. The summed E-state index contributed by atoms with van der Waals surface area (Å²) in [7, 11) is 0. The summed E-state index contributed by atoms with van der Waals surface area (Å²) in [4.78, 5) is 23.1. The minimum atomic E-state index is -0.208. The van der Waals surface area contributed by atoms with Crippen molar-refractivity contribution in [1.29, 1.82) is 0 Å². The maximum absolute atomic E-state index is 12.8. The highest BCUT2D eigenvalue weighted by molar-refractivity contribution is 7.20. The third-order valence-corrected chi connectivity index (χ3v) is 5.20. The summed E-state index contributed by atoms with van der Waals surface area (Å²) in [6, 6.07) is 5.16. The lowest BCUT2D eigenvalue weighted by Gasteiger charge is -2.11. The molecule has 0 atom stereocenters. The molecule has 2 aromatic heterocycles. The summed E-state index contributed by atoms with van der Waals surface area (Å²) in [5.74, 6) is 1.08. The molecule has 0 aliphatic carbocycles. The lowest BCUT2D eigenvalue weighted by atomic mass is 10.1. The van der Waals surface area contributed by atoms with Gasteiger partial charge >= 0.3 is 0 Å². The zero-order valence-electron chi connectivity index (χ0n) is 14.4. The van der Waals surface area contributed by atoms with E-state index >= 15 is 0 Å². The topological polar surface area (TPSA) is 64.1 Å². The lowest BCUT2D eigenvalue weighted by molar-refractivity contribution is 0.102. The second-order valence-electron chi connectivity index (χ2n) is 5.62. The monoisotopic (exact) mass is 375 g/mol. The second-order valence-corrected chi connectivity index (χ2v) is 7.06. The Morgan fingerprint density at radius 1 is 1.28 bits per heavy atom. The lowest BCUT2D eigenvalue weighted by Crippen LogP contribution is -2.12. The zero-order valence-corrected chi connectivity index (χ0v) is 16.0. The molecule has 0 unspecified atom stereocenters. The number of benzene rings is 1. The minimum Gasteiger partial charge on any atom is -0.492 e. The molecule has 1 aromatic carbocycles. The quantitative estimate of drug-likeness (QED) is 0.702. The van der Waals surface area contributed by atoms with Gasteiger partial charge in [0.05, 0.1) is 17.2 Å². The fourth-order valence-corrected chi connectivity index (χ4v) is 4.10. The van der Waals surface area contributed by atoms with E-state index in [0.717, 1.165) is 21.5 Å². The van der Waals surface area contributed by atoms with Gasteiger partial charge in [-0.3, -0.25) is 4.79 Å². The van der Waals surface area contributed by atoms with E-state index in [9.17, 15) is 4.79 Å². The molecule has 3 aromatic rings. The summed E-state index contributed by atoms with van der Waals surface area (Å²) in [5.41, 5.74) is 2.32. The number of anilines is 1. The average molecular weight is 376 g/mol. The number of hydrogen-bond acceptors (Lipinski definition) is 5. The molecule has 1 amide bonds. The molecule has 130 valence electrons. The number of nitrogens with one attached hydrogen (secondary N) is 1. The van der Waals surface area contributed by atoms with E-state index in [1.807, 2.05) is 27.7 Å². The van der Waals surface area contributed by atoms with Gasteiger partial charge in [-0.1, -0.05) is 11.6 Å². The number of rotatable bonds is 4. The van der Waals surface area contributed by atoms with Crippen LogP contribution in [0.4, 0.5) is 5.69 Å². The average Bonchev–Trinajstić information content (AvgIpc) is 2.87. The largest absolute Gasteiger partial charge is 0.492 e. The van der Waals surface area contributed by atoms with E-state index < -0.39 is 0 Å². The van der Waals surface area contributed by atoms with Gasteiger partial charge in [0, 0.05) is 16.1 Å². The number of carbonyl (C=O) groups is 1. The third-order valence-electron chi connectivity index (χ3n) is 3.78. The van der Waals surface area contributed by atoms with Gasteiger partial charge in [-0.25, -0.2) is 9.97 Å². The molecule has 1 N–H and O–H groups in total. The van der Waals surface area contributed by atoms with Crippen LogP contribution in [-0.2, 0) is 0 Å². The van der Waals surface area contributed by atoms with Gasteiger partial charge < -0.3 is 10.1 Å². The summed E-state index contributed by atoms with van der Waals surface area (Å²) in [6.07, 6.45) is 0. The Labute approximate surface area is 155 Å². The molecule has 5 nitrogen and oxygen atoms in total. The standard InChI is InChI=1S/C18H18ClN3O2S/c1-5-24-14-7-6-12(19)8-13(14)22-17(23)16-9(2)15-10(3)20-11(4)21-18(15)25-16/h6-8H,5H2,1-4H3,(H,22,23). The van der Waals surface area contributed by atoms with Crippen LogP contribution in [0.5, 0.6) is 5.75 Å². The van der Waals surface area contributed by atoms with Gasteiger partial charge in [0.1, 0.15) is 16.4 Å². The van der Waals surface area contributed by atoms with Crippen molar-refractivity contribution in [2.75, 3.05) is 11.9 Å². The normalized spacial score (nSPS) is 10.9. The number of aromatic nitrogens is 2. The number of hydrogen-bond donors (Lipinski definition) is 1. The van der Waals surface area contributed by atoms with E-state index in [0.29, 0.717) is 33.8 Å². The van der Waals surface area contributed by atoms with Crippen LogP contribution in [-0.4, -0.2) is 22.5 Å². The molecule has 0 saturated carbocycles. The van der Waals surface area contributed by atoms with Crippen LogP contribution in [0.25, 0.3) is 10.2 Å². The fourth-order valence-electron chi connectivity index (χ4n) is 2.75. The summed E-state index contributed by atoms with van der Waals surface area (Å²) in [5, 5.41) is 4.38. The first-order valence-corrected chi connectivity index (χ1v) is 9.08. The Bertz CT molecular complexity index is 969. The Kier molecular flexibility index (Phi) is 4.92. The zero-order chi connectivity index (χ0) is 18.1. The van der Waals surface area contributed by atoms with Crippen molar-refractivity contribution in [2.24, 2.45) is 0 Å². The first kappa shape index (κ1) is 17.6. The van der Waals surface area contributed by atoms with E-state index in [1.165, 1.54) is 11.3 Å². The number of aryl methyl sites for hydroxylation is 3. The summed E-state index contributed by atoms with van der Waals surface area (Å²) < 4.78 is 5.56. The molecule has 2 heterocycles. The predicted octanol–water partition coefficient (Wildman–Crippen LogP) is 4.92. The van der Waals surface area contributed by atoms with E-state index in [2.05, 4.69) is 15.3 Å². The van der Waals surface area contributed by atoms with Gasteiger partial charge in [0.15, 0.2) is 0 Å². The molecule has 0 fully saturated rings. The Hall–Kier alpha value is -2.18. The fraction of sp³-hybridized carbons (Fsp3) is 0.278. The maximum atomic E-state index is 12.8. The van der Waals surface area contributed by atoms with Crippen molar-refractivity contribution in [1.82, 2.24) is 9.97 Å². The highest BCUT2D eigenvalue weighted by atomic mass is 35.5. The van der Waals surface area contributed by atoms with Gasteiger partial charge in [0.25, 0.3) is 5.91 Å². The Morgan fingerprint density at radius 3 is 2.76 bits per heavy atom. The van der Waals surface area contributed by atoms with Gasteiger partial charge in [-0.2, -0.15) is 0 Å². The van der Waals surface area contributed by atoms with Crippen molar-refractivity contribution in [3.05, 3.63) is 45.2 Å². The third kappa shape index (κ3) is 3.45. The van der Waals surface area contributed by atoms with Crippen LogP contribution in [0.15, 0.2) is 18.2 Å². The molecule has 7 heteroatoms. The molecule has 0 saturated heterocycles. The molecule has 0 aliphatic rings. The molecule has 0 radical (unpaired) electrons. The van der Waals surface area contributed by atoms with Crippen LogP contribution >= 0.6 is 22.9 Å². The Morgan fingerprint density at radius 2 is 2.04 bits per heavy atom. The number of ether oxygens (including phenoxy) is 1. The van der Waals surface area contributed by atoms with Gasteiger partial charge in [0.2, 0.25) is 0 Å². The molecule has 0 aliphatic heterocycles.